The topological polar surface area (TPSA) is 41.9 Å². The Kier molecular flexibility index (Phi) is 5.31. The Morgan fingerprint density at radius 3 is 2.18 bits per heavy atom. The van der Waals surface area contributed by atoms with E-state index in [0.29, 0.717) is 6.54 Å². The van der Waals surface area contributed by atoms with Gasteiger partial charge in [0.15, 0.2) is 0 Å². The van der Waals surface area contributed by atoms with Gasteiger partial charge in [-0.15, -0.1) is 0 Å². The van der Waals surface area contributed by atoms with E-state index < -0.39 is 0 Å². The molecule has 22 heavy (non-hydrogen) atoms. The molecule has 0 radical (unpaired) electrons. The van der Waals surface area contributed by atoms with Crippen molar-refractivity contribution in [3.63, 3.8) is 0 Å². The minimum atomic E-state index is 0. The lowest BCUT2D eigenvalue weighted by Crippen LogP contribution is -3.00. The van der Waals surface area contributed by atoms with Gasteiger partial charge in [0.1, 0.15) is 5.69 Å². The molecule has 1 aromatic heterocycles. The summed E-state index contributed by atoms with van der Waals surface area (Å²) in [5, 5.41) is 14.1. The second-order valence-corrected chi connectivity index (χ2v) is 4.86. The molecular weight excluding hydrogens is 298 g/mol. The maximum atomic E-state index is 9.34. The number of aromatic nitrogens is 3. The third-order valence-corrected chi connectivity index (χ3v) is 3.50. The molecule has 0 unspecified atom stereocenters. The van der Waals surface area contributed by atoms with Gasteiger partial charge in [-0.25, -0.2) is 4.57 Å². The van der Waals surface area contributed by atoms with Crippen LogP contribution >= 0.6 is 0 Å². The number of benzene rings is 2. The average Bonchev–Trinajstić information content (AvgIpc) is 2.87. The second kappa shape index (κ2) is 7.20. The molecule has 2 aromatic carbocycles. The summed E-state index contributed by atoms with van der Waals surface area (Å²) in [6.07, 6.45) is 0. The monoisotopic (exact) mass is 315 g/mol. The van der Waals surface area contributed by atoms with E-state index in [4.69, 9.17) is 5.10 Å². The summed E-state index contributed by atoms with van der Waals surface area (Å²) in [6, 6.07) is 20.1. The Hall–Kier alpha value is -2.17. The molecule has 0 atom stereocenters. The zero-order valence-corrected chi connectivity index (χ0v) is 13.1. The molecule has 0 amide bonds. The van der Waals surface area contributed by atoms with Crippen molar-refractivity contribution < 1.29 is 22.1 Å². The summed E-state index contributed by atoms with van der Waals surface area (Å²) in [6.45, 7) is 2.64. The smallest absolute Gasteiger partial charge is 0.309 e. The van der Waals surface area contributed by atoms with E-state index in [1.165, 1.54) is 0 Å². The first-order chi connectivity index (χ1) is 10.3. The molecular formula is C17H18ClN3O. The molecule has 5 heteroatoms. The van der Waals surface area contributed by atoms with Crippen LogP contribution in [-0.2, 0) is 6.54 Å². The van der Waals surface area contributed by atoms with Gasteiger partial charge in [0, 0.05) is 6.92 Å². The number of hydrogen-bond donors (Lipinski definition) is 1. The highest BCUT2D eigenvalue weighted by molar-refractivity contribution is 5.51. The van der Waals surface area contributed by atoms with Crippen LogP contribution in [0.2, 0.25) is 0 Å². The van der Waals surface area contributed by atoms with Crippen LogP contribution in [0, 0.1) is 6.92 Å². The molecule has 1 heterocycles. The molecule has 0 aliphatic heterocycles. The molecule has 0 aliphatic carbocycles. The number of rotatable bonds is 4. The van der Waals surface area contributed by atoms with Crippen LogP contribution in [0.15, 0.2) is 60.7 Å². The normalized spacial score (nSPS) is 10.3. The molecule has 3 rings (SSSR count). The molecule has 0 saturated carbocycles. The van der Waals surface area contributed by atoms with Gasteiger partial charge < -0.3 is 17.5 Å². The van der Waals surface area contributed by atoms with E-state index in [2.05, 4.69) is 0 Å². The third-order valence-electron chi connectivity index (χ3n) is 3.50. The lowest BCUT2D eigenvalue weighted by molar-refractivity contribution is -0.694. The Morgan fingerprint density at radius 1 is 1.00 bits per heavy atom. The molecule has 0 saturated heterocycles. The molecule has 114 valence electrons. The van der Waals surface area contributed by atoms with E-state index in [0.717, 1.165) is 22.9 Å². The van der Waals surface area contributed by atoms with Gasteiger partial charge in [-0.3, -0.25) is 0 Å². The van der Waals surface area contributed by atoms with Crippen LogP contribution in [-0.4, -0.2) is 21.5 Å². The van der Waals surface area contributed by atoms with Gasteiger partial charge in [-0.05, 0) is 24.3 Å². The van der Waals surface area contributed by atoms with Crippen LogP contribution < -0.4 is 17.0 Å². The maximum Gasteiger partial charge on any atom is 0.309 e. The van der Waals surface area contributed by atoms with E-state index in [1.54, 1.807) is 0 Å². The predicted octanol–water partition coefficient (Wildman–Crippen LogP) is -0.868. The van der Waals surface area contributed by atoms with Crippen molar-refractivity contribution in [1.29, 1.82) is 0 Å². The predicted molar refractivity (Wildman–Crippen MR) is 81.0 cm³/mol. The highest BCUT2D eigenvalue weighted by atomic mass is 35.5. The first-order valence-electron chi connectivity index (χ1n) is 7.02. The van der Waals surface area contributed by atoms with Crippen LogP contribution in [0.1, 0.15) is 5.82 Å². The van der Waals surface area contributed by atoms with Gasteiger partial charge >= 0.3 is 5.82 Å². The molecule has 4 nitrogen and oxygen atoms in total. The first kappa shape index (κ1) is 16.2. The highest BCUT2D eigenvalue weighted by Crippen LogP contribution is 2.16. The van der Waals surface area contributed by atoms with Crippen molar-refractivity contribution in [2.75, 3.05) is 6.61 Å². The van der Waals surface area contributed by atoms with Gasteiger partial charge in [-0.2, -0.15) is 0 Å². The summed E-state index contributed by atoms with van der Waals surface area (Å²) >= 11 is 0. The fourth-order valence-corrected chi connectivity index (χ4v) is 2.47. The second-order valence-electron chi connectivity index (χ2n) is 4.86. The van der Waals surface area contributed by atoms with E-state index in [1.807, 2.05) is 76.8 Å². The van der Waals surface area contributed by atoms with Gasteiger partial charge in [0.25, 0.3) is 0 Å². The zero-order chi connectivity index (χ0) is 14.7. The van der Waals surface area contributed by atoms with Crippen molar-refractivity contribution >= 4 is 0 Å². The summed E-state index contributed by atoms with van der Waals surface area (Å²) in [4.78, 5) is 0. The number of aliphatic hydroxyl groups excluding tert-OH is 1. The van der Waals surface area contributed by atoms with E-state index in [9.17, 15) is 5.11 Å². The van der Waals surface area contributed by atoms with Crippen molar-refractivity contribution in [3.8, 4) is 17.1 Å². The largest absolute Gasteiger partial charge is 1.00 e. The van der Waals surface area contributed by atoms with Gasteiger partial charge in [0.2, 0.25) is 5.82 Å². The number of aliphatic hydroxyl groups is 1. The quantitative estimate of drug-likeness (QED) is 0.636. The Bertz CT molecular complexity index is 726. The molecule has 0 spiro atoms. The maximum absolute atomic E-state index is 9.34. The van der Waals surface area contributed by atoms with Crippen molar-refractivity contribution in [3.05, 3.63) is 66.5 Å². The summed E-state index contributed by atoms with van der Waals surface area (Å²) < 4.78 is 3.96. The van der Waals surface area contributed by atoms with Crippen molar-refractivity contribution in [2.45, 2.75) is 13.5 Å². The molecule has 0 aliphatic rings. The summed E-state index contributed by atoms with van der Waals surface area (Å²) in [5.41, 5.74) is 2.06. The SMILES string of the molecule is Cc1n(-c2ccccc2)nc(-c2ccccc2)[n+]1CCO.[Cl-]. The molecule has 3 aromatic rings. The Balaban J connectivity index is 0.00000176. The molecule has 0 bridgehead atoms. The average molecular weight is 316 g/mol. The fourth-order valence-electron chi connectivity index (χ4n) is 2.47. The van der Waals surface area contributed by atoms with Gasteiger partial charge in [0.05, 0.1) is 23.8 Å². The zero-order valence-electron chi connectivity index (χ0n) is 12.4. The Morgan fingerprint density at radius 2 is 1.59 bits per heavy atom. The molecule has 0 fully saturated rings. The van der Waals surface area contributed by atoms with Crippen LogP contribution in [0.5, 0.6) is 0 Å². The number of para-hydroxylation sites is 1. The minimum absolute atomic E-state index is 0. The first-order valence-corrected chi connectivity index (χ1v) is 7.02. The Labute approximate surface area is 136 Å². The standard InChI is InChI=1S/C17H18N3O.ClH/c1-14-19(12-13-21)17(15-8-4-2-5-9-15)18-20(14)16-10-6-3-7-11-16;/h2-11,21H,12-13H2,1H3;1H/q+1;/p-1. The third kappa shape index (κ3) is 3.03. The number of halogens is 1. The van der Waals surface area contributed by atoms with Crippen LogP contribution in [0.25, 0.3) is 17.1 Å². The van der Waals surface area contributed by atoms with E-state index >= 15 is 0 Å². The minimum Gasteiger partial charge on any atom is -1.00 e. The van der Waals surface area contributed by atoms with Crippen LogP contribution in [0.4, 0.5) is 0 Å². The lowest BCUT2D eigenvalue weighted by atomic mass is 10.2. The fraction of sp³-hybridized carbons (Fsp3) is 0.176. The molecule has 1 N–H and O–H groups in total. The number of nitrogens with zero attached hydrogens (tertiary/aromatic N) is 3. The number of hydrogen-bond acceptors (Lipinski definition) is 2. The summed E-state index contributed by atoms with van der Waals surface area (Å²) in [7, 11) is 0. The van der Waals surface area contributed by atoms with Crippen molar-refractivity contribution in [2.24, 2.45) is 0 Å². The lowest BCUT2D eigenvalue weighted by Gasteiger charge is -2.00. The van der Waals surface area contributed by atoms with Crippen LogP contribution in [0.3, 0.4) is 0 Å². The summed E-state index contributed by atoms with van der Waals surface area (Å²) in [5.74, 6) is 1.86. The van der Waals surface area contributed by atoms with E-state index in [-0.39, 0.29) is 19.0 Å². The van der Waals surface area contributed by atoms with Crippen molar-refractivity contribution in [1.82, 2.24) is 9.78 Å². The highest BCUT2D eigenvalue weighted by Gasteiger charge is 2.24. The van der Waals surface area contributed by atoms with Gasteiger partial charge in [-0.1, -0.05) is 41.1 Å².